The van der Waals surface area contributed by atoms with Gasteiger partial charge in [-0.05, 0) is 141 Å². The number of benzene rings is 7. The van der Waals surface area contributed by atoms with Crippen molar-refractivity contribution in [1.29, 1.82) is 0 Å². The molecule has 22 atom stereocenters. The van der Waals surface area contributed by atoms with Crippen LogP contribution in [0.4, 0.5) is 0 Å². The lowest BCUT2D eigenvalue weighted by molar-refractivity contribution is -0.334. The lowest BCUT2D eigenvalue weighted by Crippen LogP contribution is -2.66. The molecule has 688 valence electrons. The second-order valence-electron chi connectivity index (χ2n) is 33.7. The molecule has 0 unspecified atom stereocenters. The van der Waals surface area contributed by atoms with Gasteiger partial charge in [0, 0.05) is 47.7 Å². The molecule has 38 nitrogen and oxygen atoms in total. The molecule has 0 spiro atoms. The molecule has 3 saturated heterocycles. The van der Waals surface area contributed by atoms with E-state index in [0.717, 1.165) is 65.2 Å². The van der Waals surface area contributed by atoms with Crippen LogP contribution in [0.1, 0.15) is 142 Å². The normalized spacial score (nSPS) is 29.2. The molecule has 8 aliphatic heterocycles. The number of aromatic hydroxyl groups is 3. The van der Waals surface area contributed by atoms with Gasteiger partial charge < -0.3 is 148 Å². The zero-order chi connectivity index (χ0) is 92.9. The third kappa shape index (κ3) is 21.6. The molecule has 129 heavy (non-hydrogen) atoms. The summed E-state index contributed by atoms with van der Waals surface area (Å²) >= 11 is 7.22. The Morgan fingerprint density at radius 3 is 1.95 bits per heavy atom. The molecule has 3 fully saturated rings. The zero-order valence-electron chi connectivity index (χ0n) is 71.0. The van der Waals surface area contributed by atoms with Crippen LogP contribution in [0.15, 0.2) is 140 Å². The van der Waals surface area contributed by atoms with E-state index >= 15 is 24.0 Å². The molecule has 0 saturated carbocycles. The Hall–Kier alpha value is -12.0. The summed E-state index contributed by atoms with van der Waals surface area (Å²) in [6.45, 7) is 8.61. The summed E-state index contributed by atoms with van der Waals surface area (Å²) in [6, 6.07) is 18.6. The number of primary amides is 1. The number of carbonyl (C=O) groups excluding carboxylic acids is 8. The van der Waals surface area contributed by atoms with Crippen LogP contribution in [0.25, 0.3) is 23.3 Å². The number of phenolic OH excluding ortho intramolecular Hbond substituents is 3. The number of nitrogens with two attached hydrogens (primary N) is 2. The zero-order valence-corrected chi connectivity index (χ0v) is 71.7. The number of aliphatic hydroxyl groups excluding tert-OH is 6. The number of hydrogen-bond donors (Lipinski definition) is 21. The molecule has 23 N–H and O–H groups in total. The number of carbonyl (C=O) groups is 9. The Kier molecular flexibility index (Phi) is 29.3. The van der Waals surface area contributed by atoms with Gasteiger partial charge in [-0.3, -0.25) is 38.4 Å². The standard InChI is InChI=1S/C90H104ClN11O27/c1-40(2)27-55(94-7)81(114)100-71-73(109)48-22-26-59(54(91)29-48)125-61-31-49-30-60(77(61)129-88-78(75(111)74(110)62(39-103)126-88)128-66-36-90(6,80(113)42(4)123-66)102-64(108)38-95-37-45-17-15-44(16-18-45)14-13-43-11-9-8-10-12-43)124-51-23-19-46(20-24-51)76(127-65-35-89(5,93)79(112)41(3)122-65)72-86(119)99-70(87(120)121)53-32-50(104)33-58(106)67(53)52-28-47(21-25-57(52)105)68(83(116)101-72)98-84(117)69(49)97-82(115)56(34-63(92)107)96-85(71)118/h8-26,28-33,40-42,55-56,62,65-66,68-76,78-80,88,94-95,103-106,109-113H,27,34-39,93H2,1-7H3,(H2,92,107)(H,96,118)(H,97,115)(H,98,117)(H,99,119)(H,100,114)(H,101,116)(H,102,108)(H,120,121)/b14-13+/t41-,42-,55+,56-,62+,65-,66-,68+,69+,70-,71+,72-,73+,74+,75-,76+,78+,79-,80-,88-,89-,90-/m0/s1. The predicted molar refractivity (Wildman–Crippen MR) is 458 cm³/mol. The number of likely N-dealkylation sites (N-methyl/N-ethyl adjacent to an activating group) is 1. The van der Waals surface area contributed by atoms with Gasteiger partial charge >= 0.3 is 5.97 Å². The number of rotatable bonds is 22. The summed E-state index contributed by atoms with van der Waals surface area (Å²) < 4.78 is 52.7. The van der Waals surface area contributed by atoms with Gasteiger partial charge in [-0.25, -0.2) is 4.79 Å². The first-order valence-electron chi connectivity index (χ1n) is 41.7. The fraction of sp³-hybridized carbons (Fsp3) is 0.411. The van der Waals surface area contributed by atoms with Crippen LogP contribution in [-0.2, 0) is 73.4 Å². The minimum atomic E-state index is -2.38. The van der Waals surface area contributed by atoms with E-state index in [1.807, 2.05) is 80.6 Å². The second kappa shape index (κ2) is 40.0. The average molecular weight is 1810 g/mol. The molecule has 11 bridgehead atoms. The van der Waals surface area contributed by atoms with Crippen molar-refractivity contribution in [3.63, 3.8) is 0 Å². The van der Waals surface area contributed by atoms with Crippen LogP contribution in [0.3, 0.4) is 0 Å². The van der Waals surface area contributed by atoms with E-state index in [0.29, 0.717) is 0 Å². The number of carboxylic acid groups (broad SMARTS) is 1. The number of aliphatic hydroxyl groups is 6. The Morgan fingerprint density at radius 1 is 0.659 bits per heavy atom. The summed E-state index contributed by atoms with van der Waals surface area (Å²) in [5.74, 6) is -16.4. The number of amides is 8. The summed E-state index contributed by atoms with van der Waals surface area (Å²) in [5.41, 5.74) is 9.62. The van der Waals surface area contributed by atoms with Gasteiger partial charge in [-0.1, -0.05) is 116 Å². The number of nitrogens with one attached hydrogen (secondary N) is 9. The number of phenols is 3. The van der Waals surface area contributed by atoms with Crippen LogP contribution in [-0.4, -0.2) is 227 Å². The Labute approximate surface area is 744 Å². The van der Waals surface area contributed by atoms with Crippen molar-refractivity contribution in [2.24, 2.45) is 17.4 Å². The lowest BCUT2D eigenvalue weighted by atomic mass is 9.85. The van der Waals surface area contributed by atoms with Crippen molar-refractivity contribution in [3.05, 3.63) is 189 Å². The predicted octanol–water partition coefficient (Wildman–Crippen LogP) is 2.81. The van der Waals surface area contributed by atoms with Gasteiger partial charge in [-0.15, -0.1) is 0 Å². The highest BCUT2D eigenvalue weighted by Crippen LogP contribution is 2.50. The van der Waals surface area contributed by atoms with Crippen molar-refractivity contribution in [2.45, 2.75) is 207 Å². The summed E-state index contributed by atoms with van der Waals surface area (Å²) in [7, 11) is 1.47. The van der Waals surface area contributed by atoms with Crippen molar-refractivity contribution in [3.8, 4) is 57.1 Å². The van der Waals surface area contributed by atoms with Crippen LogP contribution in [0.2, 0.25) is 5.02 Å². The van der Waals surface area contributed by atoms with E-state index in [2.05, 4.69) is 47.9 Å². The molecular weight excluding hydrogens is 1700 g/mol. The van der Waals surface area contributed by atoms with Gasteiger partial charge in [0.05, 0.1) is 54.5 Å². The van der Waals surface area contributed by atoms with Crippen molar-refractivity contribution in [1.82, 2.24) is 47.9 Å². The topological polar surface area (TPSA) is 590 Å². The van der Waals surface area contributed by atoms with Crippen molar-refractivity contribution in [2.75, 3.05) is 20.2 Å². The number of aliphatic carboxylic acids is 1. The molecule has 7 aromatic rings. The molecule has 0 radical (unpaired) electrons. The number of halogens is 1. The van der Waals surface area contributed by atoms with E-state index in [9.17, 15) is 70.2 Å². The van der Waals surface area contributed by atoms with Crippen LogP contribution < -0.4 is 73.5 Å². The fourth-order valence-corrected chi connectivity index (χ4v) is 16.7. The first-order valence-corrected chi connectivity index (χ1v) is 42.1. The van der Waals surface area contributed by atoms with Gasteiger partial charge in [0.15, 0.2) is 36.2 Å². The lowest BCUT2D eigenvalue weighted by Gasteiger charge is -2.48. The summed E-state index contributed by atoms with van der Waals surface area (Å²) in [4.78, 5) is 135. The van der Waals surface area contributed by atoms with Crippen LogP contribution in [0.5, 0.6) is 46.0 Å². The first kappa shape index (κ1) is 94.6. The quantitative estimate of drug-likeness (QED) is 0.0434. The third-order valence-corrected chi connectivity index (χ3v) is 23.6. The molecule has 0 aromatic heterocycles. The minimum absolute atomic E-state index is 0.0615. The highest BCUT2D eigenvalue weighted by molar-refractivity contribution is 6.32. The maximum Gasteiger partial charge on any atom is 0.330 e. The highest BCUT2D eigenvalue weighted by Gasteiger charge is 2.53. The van der Waals surface area contributed by atoms with Gasteiger partial charge in [0.2, 0.25) is 59.3 Å². The number of carboxylic acids is 1. The molecule has 8 aliphatic rings. The largest absolute Gasteiger partial charge is 0.508 e. The maximum absolute atomic E-state index is 16.5. The van der Waals surface area contributed by atoms with Crippen LogP contribution in [0, 0.1) is 5.92 Å². The van der Waals surface area contributed by atoms with Gasteiger partial charge in [0.1, 0.15) is 95.6 Å². The van der Waals surface area contributed by atoms with Crippen LogP contribution >= 0.6 is 11.6 Å². The molecule has 39 heteroatoms. The monoisotopic (exact) mass is 1810 g/mol. The van der Waals surface area contributed by atoms with Gasteiger partial charge in [-0.2, -0.15) is 0 Å². The van der Waals surface area contributed by atoms with Crippen molar-refractivity contribution < 1.29 is 132 Å². The number of fused-ring (bicyclic) bond motifs is 15. The number of hydrogen-bond acceptors (Lipinski definition) is 29. The molecule has 8 amide bonds. The average Bonchev–Trinajstić information content (AvgIpc) is 0.753. The fourth-order valence-electron chi connectivity index (χ4n) is 16.5. The maximum atomic E-state index is 16.5. The minimum Gasteiger partial charge on any atom is -0.508 e. The smallest absolute Gasteiger partial charge is 0.330 e. The van der Waals surface area contributed by atoms with Crippen molar-refractivity contribution >= 4 is 77.0 Å². The molecule has 8 heterocycles. The Morgan fingerprint density at radius 2 is 1.29 bits per heavy atom. The van der Waals surface area contributed by atoms with E-state index in [-0.39, 0.29) is 71.5 Å². The second-order valence-corrected chi connectivity index (χ2v) is 34.1. The van der Waals surface area contributed by atoms with E-state index in [1.165, 1.54) is 71.1 Å². The first-order chi connectivity index (χ1) is 61.3. The Bertz CT molecular complexity index is 5370. The van der Waals surface area contributed by atoms with Gasteiger partial charge in [0.25, 0.3) is 0 Å². The molecule has 7 aromatic carbocycles. The third-order valence-electron chi connectivity index (χ3n) is 23.3. The summed E-state index contributed by atoms with van der Waals surface area (Å²) in [6.07, 6.45) is -19.7. The SMILES string of the molecule is CN[C@H](CC(C)C)C(=O)N[C@H]1C(=O)N[C@@H](CC(N)=O)C(=O)N[C@H]2C(=O)N[C@H]3C(=O)N[C@H](C(=O)N[C@H](C(=O)O)c4cc(O)cc(O)c4-c4cc3ccc4O)[C@H](O[C@H]3C[C@](C)(N)[C@@H](O)[C@H](C)O3)c3ccc(cc3)Oc3cc2cc(c3O[C@@H]2O[C@H](CO)[C@@H](O)[C@H](O)[C@H]2O[C@H]2C[C@](C)(NC(=O)CNCc3ccc(/C=C/c4ccccc4)cc3)[C@@H](O)[C@H](C)O2)Oc2ccc(cc2Cl)[C@H]1O. The molecule has 15 rings (SSSR count). The van der Waals surface area contributed by atoms with E-state index in [4.69, 9.17) is 61.0 Å². The molecule has 0 aliphatic carbocycles. The van der Waals surface area contributed by atoms with E-state index in [1.54, 1.807) is 0 Å². The van der Waals surface area contributed by atoms with E-state index < -0.39 is 256 Å². The summed E-state index contributed by atoms with van der Waals surface area (Å²) in [5, 5.41) is 140. The Balaban J connectivity index is 0.968. The number of ether oxygens (including phenoxy) is 8. The highest BCUT2D eigenvalue weighted by atomic mass is 35.5. The molecular formula is C90H104ClN11O27.